The molecule has 0 saturated carbocycles. The van der Waals surface area contributed by atoms with Gasteiger partial charge in [-0.1, -0.05) is 48.0 Å². The van der Waals surface area contributed by atoms with Gasteiger partial charge in [0.05, 0.1) is 28.4 Å². The van der Waals surface area contributed by atoms with Gasteiger partial charge in [0, 0.05) is 0 Å². The summed E-state index contributed by atoms with van der Waals surface area (Å²) in [5.74, 6) is 1.81. The molecular weight excluding hydrogens is 388 g/mol. The molecule has 7 heteroatoms. The van der Waals surface area contributed by atoms with Gasteiger partial charge in [-0.05, 0) is 38.5 Å². The highest BCUT2D eigenvalue weighted by molar-refractivity contribution is 5.66. The van der Waals surface area contributed by atoms with Gasteiger partial charge >= 0.3 is 0 Å². The number of hydrogen-bond donors (Lipinski definition) is 0. The van der Waals surface area contributed by atoms with Crippen molar-refractivity contribution in [1.82, 2.24) is 29.4 Å². The van der Waals surface area contributed by atoms with E-state index in [-0.39, 0.29) is 5.92 Å². The first-order valence-corrected chi connectivity index (χ1v) is 10.2. The molecule has 0 aliphatic carbocycles. The third kappa shape index (κ3) is 2.66. The maximum absolute atomic E-state index is 6.38. The summed E-state index contributed by atoms with van der Waals surface area (Å²) in [4.78, 5) is 9.29. The predicted molar refractivity (Wildman–Crippen MR) is 116 cm³/mol. The lowest BCUT2D eigenvalue weighted by molar-refractivity contribution is 0.402. The van der Waals surface area contributed by atoms with Crippen LogP contribution in [0.4, 0.5) is 0 Å². The molecule has 0 bridgehead atoms. The average Bonchev–Trinajstić information content (AvgIpc) is 3.33. The van der Waals surface area contributed by atoms with E-state index in [0.717, 1.165) is 33.7 Å². The summed E-state index contributed by atoms with van der Waals surface area (Å²) in [7, 11) is 0. The number of hydrogen-bond acceptors (Lipinski definition) is 5. The van der Waals surface area contributed by atoms with Crippen LogP contribution in [0.5, 0.6) is 11.8 Å². The Morgan fingerprint density at radius 3 is 2.42 bits per heavy atom. The quantitative estimate of drug-likeness (QED) is 0.421. The number of aryl methyl sites for hydroxylation is 3. The van der Waals surface area contributed by atoms with Crippen LogP contribution in [0.25, 0.3) is 11.3 Å². The Balaban J connectivity index is 1.67. The van der Waals surface area contributed by atoms with Crippen LogP contribution in [0.1, 0.15) is 39.7 Å². The molecule has 31 heavy (non-hydrogen) atoms. The van der Waals surface area contributed by atoms with E-state index in [1.807, 2.05) is 48.9 Å². The highest BCUT2D eigenvalue weighted by Gasteiger charge is 2.37. The second kappa shape index (κ2) is 6.50. The molecule has 0 amide bonds. The van der Waals surface area contributed by atoms with Crippen LogP contribution in [0.2, 0.25) is 0 Å². The van der Waals surface area contributed by atoms with Crippen molar-refractivity contribution < 1.29 is 4.74 Å². The Bertz CT molecular complexity index is 1430. The standard InChI is InChI=1S/C24H20N6O/c1-14-9-11-17(12-10-14)20-19-15(2)27-30(18-7-5-4-6-8-18)24(19)31-23-21(20)22-26-16(3)28-29(22)13-25-23/h4-13,20H,1-3H3. The van der Waals surface area contributed by atoms with Crippen molar-refractivity contribution in [1.29, 1.82) is 0 Å². The van der Waals surface area contributed by atoms with Crippen molar-refractivity contribution in [3.8, 4) is 17.4 Å². The predicted octanol–water partition coefficient (Wildman–Crippen LogP) is 4.52. The monoisotopic (exact) mass is 408 g/mol. The van der Waals surface area contributed by atoms with Crippen LogP contribution < -0.4 is 4.74 Å². The van der Waals surface area contributed by atoms with Gasteiger partial charge in [0.15, 0.2) is 5.65 Å². The van der Waals surface area contributed by atoms with Gasteiger partial charge in [-0.3, -0.25) is 0 Å². The average molecular weight is 408 g/mol. The van der Waals surface area contributed by atoms with Crippen LogP contribution in [-0.4, -0.2) is 29.4 Å². The first-order chi connectivity index (χ1) is 15.1. The summed E-state index contributed by atoms with van der Waals surface area (Å²) in [5.41, 5.74) is 6.90. The number of rotatable bonds is 2. The first-order valence-electron chi connectivity index (χ1n) is 10.2. The topological polar surface area (TPSA) is 70.1 Å². The zero-order chi connectivity index (χ0) is 21.1. The molecule has 7 nitrogen and oxygen atoms in total. The van der Waals surface area contributed by atoms with Crippen LogP contribution in [0, 0.1) is 20.8 Å². The summed E-state index contributed by atoms with van der Waals surface area (Å²) < 4.78 is 9.96. The van der Waals surface area contributed by atoms with E-state index in [9.17, 15) is 0 Å². The molecule has 4 heterocycles. The van der Waals surface area contributed by atoms with Gasteiger partial charge in [-0.15, -0.1) is 0 Å². The molecule has 0 spiro atoms. The summed E-state index contributed by atoms with van der Waals surface area (Å²) in [6, 6.07) is 18.6. The van der Waals surface area contributed by atoms with Crippen molar-refractivity contribution in [2.75, 3.05) is 0 Å². The maximum Gasteiger partial charge on any atom is 0.230 e. The molecule has 1 aliphatic heterocycles. The number of para-hydroxylation sites is 1. The molecule has 1 unspecified atom stereocenters. The molecular formula is C24H20N6O. The summed E-state index contributed by atoms with van der Waals surface area (Å²) in [5, 5.41) is 9.31. The molecule has 3 aromatic heterocycles. The Hall–Kier alpha value is -4.00. The van der Waals surface area contributed by atoms with Crippen LogP contribution in [0.3, 0.4) is 0 Å². The lowest BCUT2D eigenvalue weighted by Gasteiger charge is -2.26. The number of nitrogens with zero attached hydrogens (tertiary/aromatic N) is 6. The third-order valence-corrected chi connectivity index (χ3v) is 5.74. The number of fused-ring (bicyclic) bond motifs is 4. The Morgan fingerprint density at radius 1 is 0.871 bits per heavy atom. The smallest absolute Gasteiger partial charge is 0.230 e. The molecule has 0 N–H and O–H groups in total. The second-order valence-electron chi connectivity index (χ2n) is 7.89. The summed E-state index contributed by atoms with van der Waals surface area (Å²) in [6.45, 7) is 6.00. The largest absolute Gasteiger partial charge is 0.420 e. The summed E-state index contributed by atoms with van der Waals surface area (Å²) >= 11 is 0. The van der Waals surface area contributed by atoms with Gasteiger partial charge in [-0.25, -0.2) is 19.2 Å². The Kier molecular flexibility index (Phi) is 3.74. The molecule has 0 saturated heterocycles. The number of benzene rings is 2. The normalized spacial score (nSPS) is 14.9. The highest BCUT2D eigenvalue weighted by Crippen LogP contribution is 2.49. The lowest BCUT2D eigenvalue weighted by Crippen LogP contribution is -2.16. The zero-order valence-corrected chi connectivity index (χ0v) is 17.4. The molecule has 1 atom stereocenters. The van der Waals surface area contributed by atoms with Crippen LogP contribution in [-0.2, 0) is 0 Å². The van der Waals surface area contributed by atoms with Gasteiger partial charge in [-0.2, -0.15) is 10.2 Å². The molecule has 152 valence electrons. The highest BCUT2D eigenvalue weighted by atomic mass is 16.5. The first kappa shape index (κ1) is 17.8. The fraction of sp³-hybridized carbons (Fsp3) is 0.167. The fourth-order valence-electron chi connectivity index (χ4n) is 4.32. The van der Waals surface area contributed by atoms with Crippen molar-refractivity contribution in [2.45, 2.75) is 26.7 Å². The van der Waals surface area contributed by atoms with E-state index in [1.54, 1.807) is 10.8 Å². The molecule has 6 rings (SSSR count). The second-order valence-corrected chi connectivity index (χ2v) is 7.89. The molecule has 5 aromatic rings. The Morgan fingerprint density at radius 2 is 1.65 bits per heavy atom. The minimum Gasteiger partial charge on any atom is -0.420 e. The molecule has 2 aromatic carbocycles. The zero-order valence-electron chi connectivity index (χ0n) is 17.4. The van der Waals surface area contributed by atoms with Gasteiger partial charge < -0.3 is 4.74 Å². The van der Waals surface area contributed by atoms with Crippen molar-refractivity contribution in [3.05, 3.63) is 94.7 Å². The van der Waals surface area contributed by atoms with E-state index in [4.69, 9.17) is 14.8 Å². The minimum atomic E-state index is -0.114. The third-order valence-electron chi connectivity index (χ3n) is 5.74. The van der Waals surface area contributed by atoms with Gasteiger partial charge in [0.2, 0.25) is 11.8 Å². The lowest BCUT2D eigenvalue weighted by atomic mass is 9.84. The summed E-state index contributed by atoms with van der Waals surface area (Å²) in [6.07, 6.45) is 1.65. The molecule has 0 radical (unpaired) electrons. The SMILES string of the molecule is Cc1ccc(C2c3c(C)nn(-c4ccccc4)c3Oc3ncn4nc(C)nc4c32)cc1. The van der Waals surface area contributed by atoms with E-state index >= 15 is 0 Å². The van der Waals surface area contributed by atoms with Gasteiger partial charge in [0.25, 0.3) is 0 Å². The van der Waals surface area contributed by atoms with E-state index < -0.39 is 0 Å². The number of aromatic nitrogens is 6. The Labute approximate surface area is 179 Å². The molecule has 1 aliphatic rings. The molecule has 0 fully saturated rings. The maximum atomic E-state index is 6.38. The number of ether oxygens (including phenoxy) is 1. The fourth-order valence-corrected chi connectivity index (χ4v) is 4.32. The van der Waals surface area contributed by atoms with Crippen molar-refractivity contribution in [2.24, 2.45) is 0 Å². The van der Waals surface area contributed by atoms with Crippen molar-refractivity contribution in [3.63, 3.8) is 0 Å². The van der Waals surface area contributed by atoms with E-state index in [2.05, 4.69) is 41.3 Å². The van der Waals surface area contributed by atoms with Gasteiger partial charge in [0.1, 0.15) is 12.2 Å². The van der Waals surface area contributed by atoms with E-state index in [0.29, 0.717) is 17.6 Å². The van der Waals surface area contributed by atoms with Crippen molar-refractivity contribution >= 4 is 5.65 Å². The minimum absolute atomic E-state index is 0.114. The van der Waals surface area contributed by atoms with E-state index in [1.165, 1.54) is 5.56 Å². The van der Waals surface area contributed by atoms with Crippen LogP contribution >= 0.6 is 0 Å². The van der Waals surface area contributed by atoms with Crippen LogP contribution in [0.15, 0.2) is 60.9 Å².